The van der Waals surface area contributed by atoms with Crippen molar-refractivity contribution < 1.29 is 19.6 Å². The molecule has 156 valence electrons. The zero-order chi connectivity index (χ0) is 21.0. The molecule has 6 nitrogen and oxygen atoms in total. The zero-order valence-corrected chi connectivity index (χ0v) is 17.3. The summed E-state index contributed by atoms with van der Waals surface area (Å²) >= 11 is 0. The third-order valence-electron chi connectivity index (χ3n) is 7.38. The van der Waals surface area contributed by atoms with E-state index >= 15 is 0 Å². The van der Waals surface area contributed by atoms with Crippen molar-refractivity contribution in [1.82, 2.24) is 9.13 Å². The summed E-state index contributed by atoms with van der Waals surface area (Å²) in [6.45, 7) is 1.97. The van der Waals surface area contributed by atoms with E-state index in [9.17, 15) is 5.11 Å². The summed E-state index contributed by atoms with van der Waals surface area (Å²) in [6, 6.07) is 21.1. The van der Waals surface area contributed by atoms with Gasteiger partial charge in [0.05, 0.1) is 29.2 Å². The van der Waals surface area contributed by atoms with Gasteiger partial charge in [0.25, 0.3) is 0 Å². The lowest BCUT2D eigenvalue weighted by molar-refractivity contribution is -0.315. The number of aliphatic hydroxyl groups is 1. The van der Waals surface area contributed by atoms with Crippen molar-refractivity contribution in [2.24, 2.45) is 0 Å². The fraction of sp³-hybridized carbons (Fsp3) is 0.280. The number of benzene rings is 3. The molecule has 2 aliphatic rings. The zero-order valence-electron chi connectivity index (χ0n) is 17.3. The maximum atomic E-state index is 11.9. The minimum absolute atomic E-state index is 0.00894. The van der Waals surface area contributed by atoms with Crippen molar-refractivity contribution in [3.63, 3.8) is 0 Å². The maximum absolute atomic E-state index is 11.9. The molecule has 0 radical (unpaired) electrons. The fourth-order valence-corrected chi connectivity index (χ4v) is 5.92. The molecule has 0 spiro atoms. The minimum atomic E-state index is -1.28. The average molecular weight is 414 g/mol. The fourth-order valence-electron chi connectivity index (χ4n) is 5.92. The first kappa shape index (κ1) is 17.7. The Morgan fingerprint density at radius 3 is 2.32 bits per heavy atom. The van der Waals surface area contributed by atoms with Crippen LogP contribution in [0.25, 0.3) is 43.6 Å². The Morgan fingerprint density at radius 2 is 1.58 bits per heavy atom. The van der Waals surface area contributed by atoms with Gasteiger partial charge in [-0.15, -0.1) is 0 Å². The highest BCUT2D eigenvalue weighted by molar-refractivity contribution is 6.22. The molecule has 1 N–H and O–H groups in total. The van der Waals surface area contributed by atoms with Gasteiger partial charge in [0, 0.05) is 28.0 Å². The summed E-state index contributed by atoms with van der Waals surface area (Å²) < 4.78 is 11.2. The Balaban J connectivity index is 1.74. The first-order valence-corrected chi connectivity index (χ1v) is 10.6. The Morgan fingerprint density at radius 1 is 0.935 bits per heavy atom. The van der Waals surface area contributed by atoms with Crippen molar-refractivity contribution in [2.75, 3.05) is 13.7 Å². The van der Waals surface area contributed by atoms with E-state index in [1.54, 1.807) is 0 Å². The van der Waals surface area contributed by atoms with Gasteiger partial charge in [-0.05, 0) is 19.1 Å². The highest BCUT2D eigenvalue weighted by atomic mass is 17.2. The highest BCUT2D eigenvalue weighted by Gasteiger charge is 2.61. The van der Waals surface area contributed by atoms with Crippen LogP contribution in [0.3, 0.4) is 0 Å². The molecule has 6 heteroatoms. The van der Waals surface area contributed by atoms with Crippen LogP contribution >= 0.6 is 0 Å². The maximum Gasteiger partial charge on any atom is 0.176 e. The number of hydrogen-bond donors (Lipinski definition) is 1. The van der Waals surface area contributed by atoms with Crippen LogP contribution in [-0.2, 0) is 20.2 Å². The van der Waals surface area contributed by atoms with Crippen LogP contribution in [0.4, 0.5) is 0 Å². The lowest BCUT2D eigenvalue weighted by Gasteiger charge is -2.39. The van der Waals surface area contributed by atoms with Crippen molar-refractivity contribution in [3.8, 4) is 0 Å². The number of aromatic nitrogens is 2. The van der Waals surface area contributed by atoms with Crippen LogP contribution in [0.15, 0.2) is 60.7 Å². The Labute approximate surface area is 178 Å². The molecule has 31 heavy (non-hydrogen) atoms. The monoisotopic (exact) mass is 414 g/mol. The van der Waals surface area contributed by atoms with Crippen LogP contribution in [0, 0.1) is 0 Å². The van der Waals surface area contributed by atoms with E-state index in [0.717, 1.165) is 32.8 Å². The quantitative estimate of drug-likeness (QED) is 0.340. The van der Waals surface area contributed by atoms with Gasteiger partial charge in [-0.1, -0.05) is 48.5 Å². The Bertz CT molecular complexity index is 1530. The molecule has 3 atom stereocenters. The lowest BCUT2D eigenvalue weighted by atomic mass is 9.90. The number of fused-ring (bicyclic) bond motifs is 10. The summed E-state index contributed by atoms with van der Waals surface area (Å²) in [5.41, 5.74) is 2.05. The van der Waals surface area contributed by atoms with E-state index in [4.69, 9.17) is 14.5 Å². The second kappa shape index (κ2) is 5.66. The molecular formula is C25H22N2O4. The molecule has 2 aromatic heterocycles. The third kappa shape index (κ3) is 1.93. The molecule has 0 amide bonds. The van der Waals surface area contributed by atoms with Crippen molar-refractivity contribution >= 4 is 43.6 Å². The van der Waals surface area contributed by atoms with Gasteiger partial charge in [0.2, 0.25) is 0 Å². The Hall–Kier alpha value is -2.90. The lowest BCUT2D eigenvalue weighted by Crippen LogP contribution is -2.53. The van der Waals surface area contributed by atoms with Gasteiger partial charge >= 0.3 is 0 Å². The molecule has 2 aliphatic heterocycles. The molecule has 1 saturated heterocycles. The van der Waals surface area contributed by atoms with Crippen LogP contribution in [-0.4, -0.2) is 33.6 Å². The van der Waals surface area contributed by atoms with Gasteiger partial charge in [-0.3, -0.25) is 0 Å². The molecule has 0 aliphatic carbocycles. The number of ether oxygens (including phenoxy) is 1. The van der Waals surface area contributed by atoms with Crippen LogP contribution in [0.1, 0.15) is 19.6 Å². The third-order valence-corrected chi connectivity index (χ3v) is 7.38. The highest BCUT2D eigenvalue weighted by Crippen LogP contribution is 2.55. The molecule has 5 aromatic rings. The predicted octanol–water partition coefficient (Wildman–Crippen LogP) is 4.82. The van der Waals surface area contributed by atoms with Crippen molar-refractivity contribution in [2.45, 2.75) is 30.9 Å². The van der Waals surface area contributed by atoms with Crippen molar-refractivity contribution in [3.05, 3.63) is 60.7 Å². The smallest absolute Gasteiger partial charge is 0.176 e. The van der Waals surface area contributed by atoms with Gasteiger partial charge < -0.3 is 19.0 Å². The first-order chi connectivity index (χ1) is 15.1. The molecule has 0 saturated carbocycles. The standard InChI is InChI=1S/C25H22N2O4/c1-24-25(28,14-30-29-2)13-21(31-24)26-19-9-5-3-7-15(19)17-11-12-18-16-8-4-6-10-20(16)27(24)23(18)22(17)26/h3-12,21,28H,13-14H2,1-2H3/t21?,24-,25?/m0/s1. The first-order valence-electron chi connectivity index (χ1n) is 10.6. The number of rotatable bonds is 3. The normalized spacial score (nSPS) is 27.3. The van der Waals surface area contributed by atoms with Crippen LogP contribution in [0.5, 0.6) is 0 Å². The summed E-state index contributed by atoms with van der Waals surface area (Å²) in [5.74, 6) is 0. The number of nitrogens with zero attached hydrogens (tertiary/aromatic N) is 2. The SMILES string of the molecule is COOCC1(O)CC2O[C@]1(C)n1c3ccccc3c3ccc4c5ccccc5n2c4c31. The van der Waals surface area contributed by atoms with Gasteiger partial charge in [-0.2, -0.15) is 0 Å². The van der Waals surface area contributed by atoms with E-state index in [-0.39, 0.29) is 12.8 Å². The molecule has 2 unspecified atom stereocenters. The van der Waals surface area contributed by atoms with E-state index in [0.29, 0.717) is 6.42 Å². The average Bonchev–Trinajstić information content (AvgIpc) is 3.35. The summed E-state index contributed by atoms with van der Waals surface area (Å²) in [6.07, 6.45) is 0.0605. The molecule has 3 aromatic carbocycles. The van der Waals surface area contributed by atoms with E-state index in [1.807, 2.05) is 13.0 Å². The van der Waals surface area contributed by atoms with Gasteiger partial charge in [0.15, 0.2) is 5.72 Å². The molecule has 1 fully saturated rings. The number of hydrogen-bond acceptors (Lipinski definition) is 4. The molecule has 4 heterocycles. The second-order valence-corrected chi connectivity index (χ2v) is 8.82. The van der Waals surface area contributed by atoms with E-state index in [2.05, 4.69) is 63.7 Å². The van der Waals surface area contributed by atoms with E-state index in [1.165, 1.54) is 17.9 Å². The summed E-state index contributed by atoms with van der Waals surface area (Å²) in [4.78, 5) is 10.2. The van der Waals surface area contributed by atoms with E-state index < -0.39 is 11.3 Å². The van der Waals surface area contributed by atoms with Crippen molar-refractivity contribution in [1.29, 1.82) is 0 Å². The van der Waals surface area contributed by atoms with Crippen LogP contribution < -0.4 is 0 Å². The molecular weight excluding hydrogens is 392 g/mol. The number of para-hydroxylation sites is 2. The summed E-state index contributed by atoms with van der Waals surface area (Å²) in [7, 11) is 1.46. The van der Waals surface area contributed by atoms with Crippen LogP contribution in [0.2, 0.25) is 0 Å². The summed E-state index contributed by atoms with van der Waals surface area (Å²) in [5, 5.41) is 16.6. The largest absolute Gasteiger partial charge is 0.382 e. The Kier molecular flexibility index (Phi) is 3.24. The topological polar surface area (TPSA) is 57.8 Å². The second-order valence-electron chi connectivity index (χ2n) is 8.82. The predicted molar refractivity (Wildman–Crippen MR) is 119 cm³/mol. The minimum Gasteiger partial charge on any atom is -0.382 e. The van der Waals surface area contributed by atoms with Gasteiger partial charge in [-0.25, -0.2) is 9.78 Å². The van der Waals surface area contributed by atoms with Gasteiger partial charge in [0.1, 0.15) is 18.4 Å². The molecule has 2 bridgehead atoms. The molecule has 7 rings (SSSR count).